The first-order valence-electron chi connectivity index (χ1n) is 25.4. The maximum Gasteiger partial charge on any atom is 0.248 e. The van der Waals surface area contributed by atoms with Crippen LogP contribution < -0.4 is 42.6 Å². The van der Waals surface area contributed by atoms with Gasteiger partial charge in [-0.05, 0) is 119 Å². The Labute approximate surface area is 423 Å². The largest absolute Gasteiger partial charge is 0.311 e. The van der Waals surface area contributed by atoms with Gasteiger partial charge in [-0.25, -0.2) is 0 Å². The van der Waals surface area contributed by atoms with E-state index in [9.17, 15) is 0 Å². The number of aryl methyl sites for hydroxylation is 4. The summed E-state index contributed by atoms with van der Waals surface area (Å²) in [6.07, 6.45) is 0. The first-order valence-corrected chi connectivity index (χ1v) is 25.4. The van der Waals surface area contributed by atoms with Crippen molar-refractivity contribution in [3.8, 4) is 22.3 Å². The molecule has 2 aliphatic heterocycles. The Kier molecular flexibility index (Phi) is 9.70. The summed E-state index contributed by atoms with van der Waals surface area (Å²) in [6.45, 7) is 9.14. The summed E-state index contributed by atoms with van der Waals surface area (Å²) in [7, 11) is 0. The van der Waals surface area contributed by atoms with Crippen molar-refractivity contribution < 1.29 is 0 Å². The second-order valence-corrected chi connectivity index (χ2v) is 20.0. The van der Waals surface area contributed by atoms with Gasteiger partial charge in [0.15, 0.2) is 0 Å². The first-order chi connectivity index (χ1) is 35.5. The molecule has 14 rings (SSSR count). The normalized spacial score (nSPS) is 12.9. The van der Waals surface area contributed by atoms with E-state index in [4.69, 9.17) is 0 Å². The molecule has 338 valence electrons. The molecule has 0 bridgehead atoms. The van der Waals surface area contributed by atoms with Gasteiger partial charge in [0.1, 0.15) is 0 Å². The molecular weight excluding hydrogens is 866 g/mol. The number of para-hydroxylation sites is 4. The van der Waals surface area contributed by atoms with Crippen molar-refractivity contribution in [2.75, 3.05) is 9.80 Å². The van der Waals surface area contributed by atoms with Crippen LogP contribution >= 0.6 is 0 Å². The number of hydrogen-bond donors (Lipinski definition) is 0. The topological polar surface area (TPSA) is 6.48 Å². The predicted molar refractivity (Wildman–Crippen MR) is 312 cm³/mol. The molecule has 12 aromatic rings. The second kappa shape index (κ2) is 16.5. The van der Waals surface area contributed by atoms with Crippen molar-refractivity contribution in [2.45, 2.75) is 27.7 Å². The molecule has 0 radical (unpaired) electrons. The minimum absolute atomic E-state index is 0.0368. The van der Waals surface area contributed by atoms with E-state index in [1.807, 2.05) is 0 Å². The van der Waals surface area contributed by atoms with Gasteiger partial charge in [0, 0.05) is 55.7 Å². The fourth-order valence-corrected chi connectivity index (χ4v) is 13.3. The molecule has 4 heteroatoms. The Morgan fingerprint density at radius 1 is 0.278 bits per heavy atom. The van der Waals surface area contributed by atoms with Crippen LogP contribution in [0.2, 0.25) is 0 Å². The number of anilines is 6. The summed E-state index contributed by atoms with van der Waals surface area (Å²) in [5.74, 6) is 0. The lowest BCUT2D eigenvalue weighted by molar-refractivity contribution is 1.30. The lowest BCUT2D eigenvalue weighted by atomic mass is 9.32. The molecule has 0 amide bonds. The molecule has 0 N–H and O–H groups in total. The van der Waals surface area contributed by atoms with Crippen LogP contribution in [0.15, 0.2) is 231 Å². The minimum Gasteiger partial charge on any atom is -0.311 e. The molecule has 12 aromatic carbocycles. The highest BCUT2D eigenvalue weighted by Crippen LogP contribution is 2.52. The Hall–Kier alpha value is -8.59. The van der Waals surface area contributed by atoms with Crippen molar-refractivity contribution in [1.29, 1.82) is 0 Å². The number of nitrogens with zero attached hydrogens (tertiary/aromatic N) is 2. The molecule has 2 heterocycles. The standard InChI is InChI=1S/C68H50B2N2/c1-43-23-21-24-44(2)63(43)69-55-35-17-19-37-57(55)71(49-31-13-7-14-32-49)67-53-41-40-52-60(48-29-11-6-12-30-48)66-68(54-42-39-51(61(53)62(52)54)59(65(67)69)47-27-9-5-10-28-47)72(50-33-15-8-16-34-50)58-38-20-18-36-56(58)70(66)64-45(3)25-22-26-46(64)4/h5-42H,1-4H3. The van der Waals surface area contributed by atoms with Gasteiger partial charge in [0.2, 0.25) is 13.4 Å². The van der Waals surface area contributed by atoms with Crippen molar-refractivity contribution in [2.24, 2.45) is 0 Å². The lowest BCUT2D eigenvalue weighted by Crippen LogP contribution is -2.59. The molecular formula is C68H50B2N2. The van der Waals surface area contributed by atoms with Gasteiger partial charge < -0.3 is 9.80 Å². The van der Waals surface area contributed by atoms with E-state index in [1.165, 1.54) is 132 Å². The number of benzene rings is 12. The fourth-order valence-electron chi connectivity index (χ4n) is 13.3. The Balaban J connectivity index is 1.24. The summed E-state index contributed by atoms with van der Waals surface area (Å²) in [4.78, 5) is 5.17. The average molecular weight is 917 g/mol. The summed E-state index contributed by atoms with van der Waals surface area (Å²) in [6, 6.07) is 86.6. The van der Waals surface area contributed by atoms with Crippen LogP contribution in [0, 0.1) is 27.7 Å². The highest BCUT2D eigenvalue weighted by atomic mass is 15.2. The number of hydrogen-bond acceptors (Lipinski definition) is 2. The van der Waals surface area contributed by atoms with E-state index in [0.29, 0.717) is 0 Å². The van der Waals surface area contributed by atoms with E-state index in [2.05, 4.69) is 268 Å². The zero-order valence-electron chi connectivity index (χ0n) is 41.0. The van der Waals surface area contributed by atoms with Gasteiger partial charge >= 0.3 is 0 Å². The highest BCUT2D eigenvalue weighted by Gasteiger charge is 2.44. The first kappa shape index (κ1) is 42.3. The van der Waals surface area contributed by atoms with Crippen LogP contribution in [0.5, 0.6) is 0 Å². The van der Waals surface area contributed by atoms with Gasteiger partial charge in [0.25, 0.3) is 0 Å². The van der Waals surface area contributed by atoms with Crippen molar-refractivity contribution in [1.82, 2.24) is 0 Å². The van der Waals surface area contributed by atoms with Crippen LogP contribution in [0.25, 0.3) is 54.6 Å². The van der Waals surface area contributed by atoms with Crippen LogP contribution in [-0.4, -0.2) is 13.4 Å². The molecule has 0 unspecified atom stereocenters. The molecule has 0 atom stereocenters. The maximum absolute atomic E-state index is 2.59. The van der Waals surface area contributed by atoms with Gasteiger partial charge in [-0.15, -0.1) is 0 Å². The third-order valence-electron chi connectivity index (χ3n) is 16.1. The number of rotatable bonds is 6. The quantitative estimate of drug-likeness (QED) is 0.121. The third kappa shape index (κ3) is 6.12. The Morgan fingerprint density at radius 2 is 0.597 bits per heavy atom. The van der Waals surface area contributed by atoms with Crippen molar-refractivity contribution in [3.05, 3.63) is 253 Å². The molecule has 72 heavy (non-hydrogen) atoms. The molecule has 0 fully saturated rings. The van der Waals surface area contributed by atoms with Crippen molar-refractivity contribution in [3.63, 3.8) is 0 Å². The van der Waals surface area contributed by atoms with Crippen LogP contribution in [0.1, 0.15) is 22.3 Å². The summed E-state index contributed by atoms with van der Waals surface area (Å²) in [5.41, 5.74) is 25.5. The average Bonchev–Trinajstić information content (AvgIpc) is 3.43. The maximum atomic E-state index is 2.59. The molecule has 0 aromatic heterocycles. The van der Waals surface area contributed by atoms with E-state index in [-0.39, 0.29) is 13.4 Å². The van der Waals surface area contributed by atoms with Crippen LogP contribution in [-0.2, 0) is 0 Å². The fraction of sp³-hybridized carbons (Fsp3) is 0.0588. The van der Waals surface area contributed by atoms with Gasteiger partial charge in [-0.2, -0.15) is 0 Å². The van der Waals surface area contributed by atoms with Crippen LogP contribution in [0.3, 0.4) is 0 Å². The van der Waals surface area contributed by atoms with Crippen molar-refractivity contribution >= 4 is 113 Å². The van der Waals surface area contributed by atoms with E-state index in [1.54, 1.807) is 0 Å². The SMILES string of the molecule is Cc1cccc(C)c1B1c2ccccc2N(c2ccccc2)c2c1c(-c1ccccc1)c1ccc3c4c(c(-c5ccccc5)c5ccc2c1c53)B(c1c(C)cccc1C)c1ccccc1N4c1ccccc1. The van der Waals surface area contributed by atoms with Gasteiger partial charge in [-0.1, -0.05) is 227 Å². The number of fused-ring (bicyclic) bond motifs is 6. The minimum atomic E-state index is -0.0368. The lowest BCUT2D eigenvalue weighted by Gasteiger charge is -2.42. The zero-order chi connectivity index (χ0) is 48.2. The summed E-state index contributed by atoms with van der Waals surface area (Å²) < 4.78 is 0. The third-order valence-corrected chi connectivity index (χ3v) is 16.1. The van der Waals surface area contributed by atoms with Gasteiger partial charge in [-0.3, -0.25) is 0 Å². The molecule has 2 aliphatic rings. The van der Waals surface area contributed by atoms with E-state index < -0.39 is 0 Å². The molecule has 0 saturated carbocycles. The molecule has 0 spiro atoms. The Bertz CT molecular complexity index is 3790. The molecule has 0 saturated heterocycles. The summed E-state index contributed by atoms with van der Waals surface area (Å²) >= 11 is 0. The van der Waals surface area contributed by atoms with Gasteiger partial charge in [0.05, 0.1) is 0 Å². The predicted octanol–water partition coefficient (Wildman–Crippen LogP) is 13.8. The monoisotopic (exact) mass is 916 g/mol. The second-order valence-electron chi connectivity index (χ2n) is 20.0. The smallest absolute Gasteiger partial charge is 0.248 e. The highest BCUT2D eigenvalue weighted by molar-refractivity contribution is 7.00. The Morgan fingerprint density at radius 3 is 0.972 bits per heavy atom. The zero-order valence-corrected chi connectivity index (χ0v) is 41.0. The van der Waals surface area contributed by atoms with Crippen LogP contribution in [0.4, 0.5) is 34.1 Å². The molecule has 0 aliphatic carbocycles. The van der Waals surface area contributed by atoms with E-state index in [0.717, 1.165) is 11.4 Å². The summed E-state index contributed by atoms with van der Waals surface area (Å²) in [5, 5.41) is 7.62. The van der Waals surface area contributed by atoms with E-state index >= 15 is 0 Å². The molecule has 2 nitrogen and oxygen atoms in total.